The maximum Gasteiger partial charge on any atom is 0.238 e. The van der Waals surface area contributed by atoms with E-state index in [0.717, 1.165) is 22.9 Å². The molecule has 0 amide bonds. The summed E-state index contributed by atoms with van der Waals surface area (Å²) in [5.41, 5.74) is 3.14. The average Bonchev–Trinajstić information content (AvgIpc) is 3.29. The van der Waals surface area contributed by atoms with Gasteiger partial charge in [-0.3, -0.25) is 9.58 Å². The topological polar surface area (TPSA) is 112 Å². The summed E-state index contributed by atoms with van der Waals surface area (Å²) in [7, 11) is -0.194. The van der Waals surface area contributed by atoms with Gasteiger partial charge in [-0.25, -0.2) is 27.6 Å². The standard InChI is InChI=1S/C23H26FN7O2S/c1-16-18(14-30(3)27-16)13-29(2)15-22-26-23(11-17-7-5-4-6-8-17)31(28-22)21-10-9-19(12-20(21)24)34(25,32)33/h4-10,12,14H,11,13,15H2,1-3H3,(H2,25,32,33). The Hall–Kier alpha value is -3.41. The van der Waals surface area contributed by atoms with Gasteiger partial charge in [-0.2, -0.15) is 5.10 Å². The fraction of sp³-hybridized carbons (Fsp3) is 0.261. The summed E-state index contributed by atoms with van der Waals surface area (Å²) in [5, 5.41) is 14.1. The Bertz CT molecular complexity index is 1410. The van der Waals surface area contributed by atoms with Crippen molar-refractivity contribution >= 4 is 10.0 Å². The Balaban J connectivity index is 1.67. The first kappa shape index (κ1) is 23.7. The molecule has 11 heteroatoms. The minimum atomic E-state index is -4.02. The van der Waals surface area contributed by atoms with Crippen molar-refractivity contribution in [2.75, 3.05) is 7.05 Å². The number of rotatable bonds is 8. The van der Waals surface area contributed by atoms with Crippen molar-refractivity contribution in [2.24, 2.45) is 12.2 Å². The van der Waals surface area contributed by atoms with E-state index in [-0.39, 0.29) is 10.6 Å². The van der Waals surface area contributed by atoms with Crippen LogP contribution in [0, 0.1) is 12.7 Å². The number of nitrogens with two attached hydrogens (primary N) is 1. The lowest BCUT2D eigenvalue weighted by atomic mass is 10.1. The molecule has 2 N–H and O–H groups in total. The molecule has 0 unspecified atom stereocenters. The molecule has 9 nitrogen and oxygen atoms in total. The number of primary sulfonamides is 1. The predicted octanol–water partition coefficient (Wildman–Crippen LogP) is 2.32. The zero-order chi connectivity index (χ0) is 24.5. The second-order valence-electron chi connectivity index (χ2n) is 8.26. The number of aryl methyl sites for hydroxylation is 2. The Kier molecular flexibility index (Phi) is 6.60. The van der Waals surface area contributed by atoms with E-state index < -0.39 is 15.8 Å². The smallest absolute Gasteiger partial charge is 0.238 e. The van der Waals surface area contributed by atoms with Gasteiger partial charge in [0.25, 0.3) is 0 Å². The normalized spacial score (nSPS) is 11.9. The molecule has 4 rings (SSSR count). The van der Waals surface area contributed by atoms with E-state index in [4.69, 9.17) is 5.14 Å². The maximum absolute atomic E-state index is 15.0. The number of halogens is 1. The van der Waals surface area contributed by atoms with Crippen LogP contribution in [0.3, 0.4) is 0 Å². The Morgan fingerprint density at radius 2 is 1.82 bits per heavy atom. The highest BCUT2D eigenvalue weighted by Crippen LogP contribution is 2.21. The summed E-state index contributed by atoms with van der Waals surface area (Å²) >= 11 is 0. The van der Waals surface area contributed by atoms with Gasteiger partial charge >= 0.3 is 0 Å². The van der Waals surface area contributed by atoms with Gasteiger partial charge in [0.2, 0.25) is 10.0 Å². The predicted molar refractivity (Wildman–Crippen MR) is 125 cm³/mol. The molecule has 0 aliphatic carbocycles. The number of nitrogens with zero attached hydrogens (tertiary/aromatic N) is 6. The Morgan fingerprint density at radius 1 is 1.09 bits per heavy atom. The van der Waals surface area contributed by atoms with E-state index in [1.807, 2.05) is 57.5 Å². The molecule has 0 radical (unpaired) electrons. The molecule has 178 valence electrons. The number of hydrogen-bond acceptors (Lipinski definition) is 6. The minimum absolute atomic E-state index is 0.0999. The van der Waals surface area contributed by atoms with Crippen molar-refractivity contribution in [3.8, 4) is 5.69 Å². The van der Waals surface area contributed by atoms with E-state index in [0.29, 0.717) is 31.2 Å². The van der Waals surface area contributed by atoms with Gasteiger partial charge in [-0.15, -0.1) is 5.10 Å². The molecule has 0 aliphatic rings. The summed E-state index contributed by atoms with van der Waals surface area (Å²) in [6.45, 7) is 3.04. The first-order chi connectivity index (χ1) is 16.1. The van der Waals surface area contributed by atoms with Crippen LogP contribution in [-0.4, -0.2) is 44.9 Å². The second kappa shape index (κ2) is 9.45. The highest BCUT2D eigenvalue weighted by Gasteiger charge is 2.19. The van der Waals surface area contributed by atoms with Crippen molar-refractivity contribution in [3.05, 3.63) is 89.0 Å². The molecular formula is C23H26FN7O2S. The van der Waals surface area contributed by atoms with Crippen molar-refractivity contribution in [1.82, 2.24) is 29.4 Å². The summed E-state index contributed by atoms with van der Waals surface area (Å²) in [6, 6.07) is 13.2. The molecular weight excluding hydrogens is 457 g/mol. The Morgan fingerprint density at radius 3 is 2.44 bits per heavy atom. The lowest BCUT2D eigenvalue weighted by Crippen LogP contribution is -2.18. The SMILES string of the molecule is Cc1nn(C)cc1CN(C)Cc1nc(Cc2ccccc2)n(-c2ccc(S(N)(=O)=O)cc2F)n1. The van der Waals surface area contributed by atoms with Crippen molar-refractivity contribution in [1.29, 1.82) is 0 Å². The van der Waals surface area contributed by atoms with Crippen LogP contribution in [0.25, 0.3) is 5.69 Å². The molecule has 0 spiro atoms. The first-order valence-corrected chi connectivity index (χ1v) is 12.1. The van der Waals surface area contributed by atoms with Gasteiger partial charge in [0.1, 0.15) is 17.3 Å². The molecule has 0 saturated heterocycles. The highest BCUT2D eigenvalue weighted by molar-refractivity contribution is 7.89. The van der Waals surface area contributed by atoms with Crippen LogP contribution in [0.15, 0.2) is 59.6 Å². The van der Waals surface area contributed by atoms with E-state index in [2.05, 4.69) is 20.1 Å². The molecule has 34 heavy (non-hydrogen) atoms. The van der Waals surface area contributed by atoms with Gasteiger partial charge in [-0.1, -0.05) is 30.3 Å². The molecule has 0 aliphatic heterocycles. The third kappa shape index (κ3) is 5.38. The maximum atomic E-state index is 15.0. The molecule has 0 bridgehead atoms. The van der Waals surface area contributed by atoms with Gasteiger partial charge < -0.3 is 0 Å². The van der Waals surface area contributed by atoms with Crippen molar-refractivity contribution in [3.63, 3.8) is 0 Å². The largest absolute Gasteiger partial charge is 0.295 e. The van der Waals surface area contributed by atoms with Gasteiger partial charge in [0, 0.05) is 31.8 Å². The van der Waals surface area contributed by atoms with Crippen LogP contribution < -0.4 is 5.14 Å². The minimum Gasteiger partial charge on any atom is -0.295 e. The monoisotopic (exact) mass is 483 g/mol. The Labute approximate surface area is 197 Å². The van der Waals surface area contributed by atoms with Gasteiger partial charge in [-0.05, 0) is 37.7 Å². The van der Waals surface area contributed by atoms with Gasteiger partial charge in [0.15, 0.2) is 5.82 Å². The average molecular weight is 484 g/mol. The van der Waals surface area contributed by atoms with Gasteiger partial charge in [0.05, 0.1) is 17.1 Å². The van der Waals surface area contributed by atoms with Crippen LogP contribution in [-0.2, 0) is 36.6 Å². The van der Waals surface area contributed by atoms with E-state index in [9.17, 15) is 12.8 Å². The zero-order valence-corrected chi connectivity index (χ0v) is 20.0. The second-order valence-corrected chi connectivity index (χ2v) is 9.82. The van der Waals surface area contributed by atoms with E-state index in [1.165, 1.54) is 16.8 Å². The van der Waals surface area contributed by atoms with Crippen LogP contribution in [0.5, 0.6) is 0 Å². The van der Waals surface area contributed by atoms with Crippen molar-refractivity contribution < 1.29 is 12.8 Å². The van der Waals surface area contributed by atoms with Crippen LogP contribution in [0.4, 0.5) is 4.39 Å². The fourth-order valence-electron chi connectivity index (χ4n) is 3.77. The van der Waals surface area contributed by atoms with E-state index >= 15 is 0 Å². The summed E-state index contributed by atoms with van der Waals surface area (Å²) < 4.78 is 41.4. The third-order valence-corrected chi connectivity index (χ3v) is 6.28. The summed E-state index contributed by atoms with van der Waals surface area (Å²) in [4.78, 5) is 6.43. The highest BCUT2D eigenvalue weighted by atomic mass is 32.2. The fourth-order valence-corrected chi connectivity index (χ4v) is 4.30. The van der Waals surface area contributed by atoms with Crippen molar-refractivity contribution in [2.45, 2.75) is 31.3 Å². The number of hydrogen-bond donors (Lipinski definition) is 1. The molecule has 2 aromatic heterocycles. The first-order valence-electron chi connectivity index (χ1n) is 10.6. The molecule has 0 fully saturated rings. The molecule has 0 saturated carbocycles. The summed E-state index contributed by atoms with van der Waals surface area (Å²) in [5.74, 6) is 0.302. The van der Waals surface area contributed by atoms with E-state index in [1.54, 1.807) is 4.68 Å². The zero-order valence-electron chi connectivity index (χ0n) is 19.2. The third-order valence-electron chi connectivity index (χ3n) is 5.37. The molecule has 2 heterocycles. The lowest BCUT2D eigenvalue weighted by Gasteiger charge is -2.13. The molecule has 4 aromatic rings. The molecule has 2 aromatic carbocycles. The lowest BCUT2D eigenvalue weighted by molar-refractivity contribution is 0.310. The number of aromatic nitrogens is 5. The molecule has 0 atom stereocenters. The number of benzene rings is 2. The number of sulfonamides is 1. The van der Waals surface area contributed by atoms with Crippen LogP contribution >= 0.6 is 0 Å². The van der Waals surface area contributed by atoms with Crippen LogP contribution in [0.2, 0.25) is 0 Å². The quantitative estimate of drug-likeness (QED) is 0.412. The summed E-state index contributed by atoms with van der Waals surface area (Å²) in [6.07, 6.45) is 2.40. The van der Waals surface area contributed by atoms with Crippen LogP contribution in [0.1, 0.15) is 28.5 Å².